The molecule has 2 N–H and O–H groups in total. The zero-order valence-electron chi connectivity index (χ0n) is 15.4. The van der Waals surface area contributed by atoms with Gasteiger partial charge in [0, 0.05) is 11.8 Å². The van der Waals surface area contributed by atoms with E-state index in [9.17, 15) is 5.11 Å². The molecule has 0 saturated carbocycles. The lowest BCUT2D eigenvalue weighted by molar-refractivity contribution is 0.324. The summed E-state index contributed by atoms with van der Waals surface area (Å²) in [7, 11) is 0. The number of benzene rings is 2. The standard InChI is InChI=1S/C21H16Br2N4O2/c1-13(29-21-19(22)8-16(11-25)9-20(21)23)7-18(12-28)27-14(2)26-17-5-3-15(10-24)4-6-17/h3-9,28H,1,12H2,2H3,(H,26,27)/b18-7-. The largest absolute Gasteiger partial charge is 0.456 e. The molecule has 0 aliphatic heterocycles. The highest BCUT2D eigenvalue weighted by molar-refractivity contribution is 9.11. The highest BCUT2D eigenvalue weighted by atomic mass is 79.9. The van der Waals surface area contributed by atoms with E-state index < -0.39 is 0 Å². The Balaban J connectivity index is 2.12. The minimum absolute atomic E-state index is 0.277. The number of halogens is 2. The Bertz CT molecular complexity index is 1040. The third kappa shape index (κ3) is 6.58. The van der Waals surface area contributed by atoms with Gasteiger partial charge in [-0.25, -0.2) is 4.99 Å². The van der Waals surface area contributed by atoms with Crippen molar-refractivity contribution in [2.24, 2.45) is 4.99 Å². The summed E-state index contributed by atoms with van der Waals surface area (Å²) in [6, 6.07) is 14.2. The maximum Gasteiger partial charge on any atom is 0.155 e. The van der Waals surface area contributed by atoms with Crippen LogP contribution in [0.3, 0.4) is 0 Å². The first-order valence-corrected chi connectivity index (χ1v) is 9.84. The van der Waals surface area contributed by atoms with Crippen molar-refractivity contribution in [2.75, 3.05) is 6.61 Å². The van der Waals surface area contributed by atoms with Crippen molar-refractivity contribution < 1.29 is 9.84 Å². The zero-order chi connectivity index (χ0) is 21.4. The number of nitrogens with zero attached hydrogens (tertiary/aromatic N) is 3. The SMILES string of the molecule is C=C(/C=C(/CO)NC(C)=Nc1ccc(C#N)cc1)Oc1c(Br)cc(C#N)cc1Br. The molecule has 0 heterocycles. The Morgan fingerprint density at radius 1 is 1.17 bits per heavy atom. The number of nitrogens with one attached hydrogen (secondary N) is 1. The normalized spacial score (nSPS) is 11.4. The first kappa shape index (κ1) is 22.4. The summed E-state index contributed by atoms with van der Waals surface area (Å²) in [5, 5.41) is 30.5. The summed E-state index contributed by atoms with van der Waals surface area (Å²) >= 11 is 6.73. The summed E-state index contributed by atoms with van der Waals surface area (Å²) < 4.78 is 6.92. The Hall–Kier alpha value is -2.91. The molecule has 0 aromatic heterocycles. The fraction of sp³-hybridized carbons (Fsp3) is 0.0952. The number of aliphatic imine (C=N–C) groups is 1. The second-order valence-electron chi connectivity index (χ2n) is 5.76. The average Bonchev–Trinajstić information content (AvgIpc) is 2.70. The topological polar surface area (TPSA) is 101 Å². The minimum Gasteiger partial charge on any atom is -0.456 e. The van der Waals surface area contributed by atoms with Crippen molar-refractivity contribution in [1.29, 1.82) is 10.5 Å². The third-order valence-electron chi connectivity index (χ3n) is 3.50. The maximum absolute atomic E-state index is 9.63. The molecule has 0 unspecified atom stereocenters. The van der Waals surface area contributed by atoms with Crippen LogP contribution in [-0.4, -0.2) is 17.5 Å². The van der Waals surface area contributed by atoms with Crippen LogP contribution in [0.5, 0.6) is 5.75 Å². The maximum atomic E-state index is 9.63. The smallest absolute Gasteiger partial charge is 0.155 e. The van der Waals surface area contributed by atoms with Crippen LogP contribution in [0, 0.1) is 22.7 Å². The van der Waals surface area contributed by atoms with Crippen LogP contribution in [0.4, 0.5) is 5.69 Å². The molecule has 29 heavy (non-hydrogen) atoms. The molecule has 8 heteroatoms. The van der Waals surface area contributed by atoms with Gasteiger partial charge in [0.1, 0.15) is 11.6 Å². The van der Waals surface area contributed by atoms with Gasteiger partial charge in [-0.2, -0.15) is 10.5 Å². The fourth-order valence-corrected chi connectivity index (χ4v) is 3.61. The van der Waals surface area contributed by atoms with Gasteiger partial charge >= 0.3 is 0 Å². The number of hydrogen-bond acceptors (Lipinski definition) is 5. The van der Waals surface area contributed by atoms with Gasteiger partial charge in [0.25, 0.3) is 0 Å². The van der Waals surface area contributed by atoms with E-state index in [-0.39, 0.29) is 12.4 Å². The van der Waals surface area contributed by atoms with E-state index in [0.717, 1.165) is 0 Å². The summed E-state index contributed by atoms with van der Waals surface area (Å²) in [6.45, 7) is 5.32. The average molecular weight is 516 g/mol. The van der Waals surface area contributed by atoms with Crippen LogP contribution in [-0.2, 0) is 0 Å². The van der Waals surface area contributed by atoms with Crippen molar-refractivity contribution in [1.82, 2.24) is 5.32 Å². The number of aliphatic hydroxyl groups is 1. The molecule has 2 rings (SSSR count). The number of ether oxygens (including phenoxy) is 1. The lowest BCUT2D eigenvalue weighted by atomic mass is 10.2. The number of allylic oxidation sites excluding steroid dienone is 1. The molecule has 0 fully saturated rings. The van der Waals surface area contributed by atoms with Gasteiger partial charge in [-0.3, -0.25) is 0 Å². The Morgan fingerprint density at radius 3 is 2.28 bits per heavy atom. The second-order valence-corrected chi connectivity index (χ2v) is 7.47. The molecule has 2 aromatic rings. The van der Waals surface area contributed by atoms with E-state index in [0.29, 0.717) is 43.0 Å². The molecule has 0 atom stereocenters. The Kier molecular flexibility index (Phi) is 8.17. The summed E-state index contributed by atoms with van der Waals surface area (Å²) in [5.41, 5.74) is 2.14. The molecular weight excluding hydrogens is 500 g/mol. The van der Waals surface area contributed by atoms with Gasteiger partial charge in [-0.05, 0) is 75.2 Å². The van der Waals surface area contributed by atoms with Gasteiger partial charge in [0.2, 0.25) is 0 Å². The quantitative estimate of drug-likeness (QED) is 0.242. The van der Waals surface area contributed by atoms with E-state index >= 15 is 0 Å². The highest BCUT2D eigenvalue weighted by Crippen LogP contribution is 2.35. The second kappa shape index (κ2) is 10.6. The van der Waals surface area contributed by atoms with E-state index in [4.69, 9.17) is 15.3 Å². The summed E-state index contributed by atoms with van der Waals surface area (Å²) in [4.78, 5) is 4.39. The summed E-state index contributed by atoms with van der Waals surface area (Å²) in [6.07, 6.45) is 1.55. The van der Waals surface area contributed by atoms with Crippen LogP contribution in [0.2, 0.25) is 0 Å². The molecule has 0 spiro atoms. The molecule has 0 radical (unpaired) electrons. The first-order valence-electron chi connectivity index (χ1n) is 8.26. The lowest BCUT2D eigenvalue weighted by Crippen LogP contribution is -2.22. The number of rotatable bonds is 6. The van der Waals surface area contributed by atoms with Crippen LogP contribution >= 0.6 is 31.9 Å². The van der Waals surface area contributed by atoms with Gasteiger partial charge in [0.15, 0.2) is 5.75 Å². The van der Waals surface area contributed by atoms with Gasteiger partial charge in [-0.15, -0.1) is 0 Å². The van der Waals surface area contributed by atoms with Gasteiger partial charge < -0.3 is 15.2 Å². The van der Waals surface area contributed by atoms with Crippen molar-refractivity contribution in [3.63, 3.8) is 0 Å². The molecule has 0 aliphatic rings. The molecular formula is C21H16Br2N4O2. The monoisotopic (exact) mass is 514 g/mol. The lowest BCUT2D eigenvalue weighted by Gasteiger charge is -2.13. The van der Waals surface area contributed by atoms with E-state index in [1.54, 1.807) is 49.4 Å². The predicted octanol–water partition coefficient (Wildman–Crippen LogP) is 5.06. The van der Waals surface area contributed by atoms with Crippen molar-refractivity contribution in [3.05, 3.63) is 80.6 Å². The van der Waals surface area contributed by atoms with Crippen molar-refractivity contribution in [2.45, 2.75) is 6.92 Å². The molecule has 0 amide bonds. The number of nitriles is 2. The van der Waals surface area contributed by atoms with Crippen LogP contribution in [0.15, 0.2) is 74.4 Å². The molecule has 2 aromatic carbocycles. The molecule has 0 bridgehead atoms. The van der Waals surface area contributed by atoms with E-state index in [2.05, 4.69) is 60.9 Å². The van der Waals surface area contributed by atoms with Crippen molar-refractivity contribution in [3.8, 4) is 17.9 Å². The number of aliphatic hydroxyl groups excluding tert-OH is 1. The predicted molar refractivity (Wildman–Crippen MR) is 119 cm³/mol. The number of amidine groups is 1. The van der Waals surface area contributed by atoms with Gasteiger partial charge in [0.05, 0.1) is 44.5 Å². The van der Waals surface area contributed by atoms with Crippen LogP contribution in [0.25, 0.3) is 0 Å². The molecule has 6 nitrogen and oxygen atoms in total. The van der Waals surface area contributed by atoms with Crippen LogP contribution in [0.1, 0.15) is 18.1 Å². The highest BCUT2D eigenvalue weighted by Gasteiger charge is 2.11. The van der Waals surface area contributed by atoms with E-state index in [1.165, 1.54) is 0 Å². The molecule has 0 saturated heterocycles. The molecule has 146 valence electrons. The summed E-state index contributed by atoms with van der Waals surface area (Å²) in [5.74, 6) is 1.29. The molecule has 0 aliphatic carbocycles. The van der Waals surface area contributed by atoms with E-state index in [1.807, 2.05) is 0 Å². The zero-order valence-corrected chi connectivity index (χ0v) is 18.6. The number of hydrogen-bond donors (Lipinski definition) is 2. The van der Waals surface area contributed by atoms with Gasteiger partial charge in [-0.1, -0.05) is 6.58 Å². The Morgan fingerprint density at radius 2 is 1.76 bits per heavy atom. The Labute approximate surface area is 185 Å². The first-order chi connectivity index (χ1) is 13.9. The van der Waals surface area contributed by atoms with Crippen LogP contribution < -0.4 is 10.1 Å². The third-order valence-corrected chi connectivity index (χ3v) is 4.68. The fourth-order valence-electron chi connectivity index (χ4n) is 2.26. The minimum atomic E-state index is -0.279. The van der Waals surface area contributed by atoms with Crippen molar-refractivity contribution >= 4 is 43.4 Å².